The zero-order chi connectivity index (χ0) is 31.1. The molecule has 0 spiro atoms. The number of hydrogen-bond acceptors (Lipinski definition) is 8. The van der Waals surface area contributed by atoms with Gasteiger partial charge >= 0.3 is 0 Å². The van der Waals surface area contributed by atoms with Crippen LogP contribution in [0.25, 0.3) is 17.2 Å². The van der Waals surface area contributed by atoms with Crippen LogP contribution in [0.3, 0.4) is 0 Å². The molecule has 0 amide bonds. The van der Waals surface area contributed by atoms with Crippen molar-refractivity contribution in [3.63, 3.8) is 0 Å². The van der Waals surface area contributed by atoms with Gasteiger partial charge in [-0.1, -0.05) is 54.6 Å². The van der Waals surface area contributed by atoms with Crippen LogP contribution in [0.15, 0.2) is 60.7 Å². The van der Waals surface area contributed by atoms with Crippen LogP contribution in [-0.4, -0.2) is 71.9 Å². The summed E-state index contributed by atoms with van der Waals surface area (Å²) in [6.45, 7) is 9.64. The van der Waals surface area contributed by atoms with Crippen LogP contribution in [0.2, 0.25) is 25.7 Å². The SMILES string of the molecule is C/C=S(\C[C@@H](O)c1ccc(F)cc1)N(CC[Si](C)(C)C)c1nnc(-c2cccc(OC)n2)n1-c1c(OC)cccc1OC. The average Bonchev–Trinajstić information content (AvgIpc) is 3.44. The molecule has 2 heterocycles. The first-order valence-corrected chi connectivity index (χ1v) is 19.1. The lowest BCUT2D eigenvalue weighted by Crippen LogP contribution is -2.31. The number of aliphatic hydroxyl groups is 1. The van der Waals surface area contributed by atoms with Crippen molar-refractivity contribution in [1.29, 1.82) is 0 Å². The molecule has 0 aliphatic carbocycles. The van der Waals surface area contributed by atoms with Gasteiger partial charge in [0.25, 0.3) is 0 Å². The molecular formula is C31H40FN5O4SSi. The largest absolute Gasteiger partial charge is 0.494 e. The molecule has 0 fully saturated rings. The lowest BCUT2D eigenvalue weighted by atomic mass is 10.1. The number of aliphatic hydroxyl groups excluding tert-OH is 1. The highest BCUT2D eigenvalue weighted by molar-refractivity contribution is 8.16. The van der Waals surface area contributed by atoms with E-state index in [0.29, 0.717) is 58.4 Å². The van der Waals surface area contributed by atoms with Crippen molar-refractivity contribution >= 4 is 30.1 Å². The summed E-state index contributed by atoms with van der Waals surface area (Å²) < 4.78 is 34.8. The van der Waals surface area contributed by atoms with E-state index >= 15 is 0 Å². The van der Waals surface area contributed by atoms with Gasteiger partial charge in [-0.05, 0) is 54.2 Å². The van der Waals surface area contributed by atoms with Crippen LogP contribution in [0.5, 0.6) is 17.4 Å². The van der Waals surface area contributed by atoms with Gasteiger partial charge < -0.3 is 19.3 Å². The minimum absolute atomic E-state index is 0.341. The molecule has 43 heavy (non-hydrogen) atoms. The first kappa shape index (κ1) is 32.2. The molecule has 0 radical (unpaired) electrons. The van der Waals surface area contributed by atoms with Gasteiger partial charge in [0.15, 0.2) is 5.82 Å². The smallest absolute Gasteiger partial charge is 0.242 e. The predicted molar refractivity (Wildman–Crippen MR) is 175 cm³/mol. The Morgan fingerprint density at radius 3 is 2.19 bits per heavy atom. The van der Waals surface area contributed by atoms with Crippen LogP contribution in [-0.2, 0) is 0 Å². The Labute approximate surface area is 256 Å². The summed E-state index contributed by atoms with van der Waals surface area (Å²) in [6.07, 6.45) is -0.814. The summed E-state index contributed by atoms with van der Waals surface area (Å²) in [5.41, 5.74) is 1.84. The molecule has 0 saturated heterocycles. The highest BCUT2D eigenvalue weighted by Gasteiger charge is 2.29. The van der Waals surface area contributed by atoms with Crippen LogP contribution in [0, 0.1) is 5.82 Å². The number of benzene rings is 2. The maximum absolute atomic E-state index is 13.6. The molecule has 9 nitrogen and oxygen atoms in total. The third-order valence-corrected chi connectivity index (χ3v) is 10.7. The number of anilines is 1. The van der Waals surface area contributed by atoms with Gasteiger partial charge in [0.05, 0.1) is 27.4 Å². The van der Waals surface area contributed by atoms with E-state index in [1.54, 1.807) is 39.5 Å². The molecule has 230 valence electrons. The van der Waals surface area contributed by atoms with Gasteiger partial charge in [-0.2, -0.15) is 0 Å². The Morgan fingerprint density at radius 1 is 0.953 bits per heavy atom. The van der Waals surface area contributed by atoms with Crippen molar-refractivity contribution in [3.8, 4) is 34.6 Å². The van der Waals surface area contributed by atoms with Gasteiger partial charge in [-0.25, -0.2) is 9.37 Å². The normalized spacial score (nSPS) is 13.0. The van der Waals surface area contributed by atoms with Gasteiger partial charge in [-0.15, -0.1) is 10.2 Å². The number of halogens is 1. The predicted octanol–water partition coefficient (Wildman–Crippen LogP) is 6.38. The second-order valence-electron chi connectivity index (χ2n) is 11.0. The molecule has 0 bridgehead atoms. The van der Waals surface area contributed by atoms with Crippen LogP contribution >= 0.6 is 10.7 Å². The standard InChI is InChI=1S/C31H40FN5O4SSi/c1-8-42(21-25(38)22-15-17-23(32)18-16-22)36(19-20-43(5,6)7)31-35-34-30(24-11-9-14-28(33-24)41-4)37(31)29-26(39-2)12-10-13-27(29)40-3/h8-18,25,38H,19-21H2,1-7H3/t25-,42?/m1/s1. The van der Waals surface area contributed by atoms with E-state index in [-0.39, 0.29) is 5.82 Å². The molecular weight excluding hydrogens is 586 g/mol. The van der Waals surface area contributed by atoms with Crippen molar-refractivity contribution in [2.45, 2.75) is 38.7 Å². The number of pyridine rings is 1. The molecule has 2 atom stereocenters. The van der Waals surface area contributed by atoms with Crippen molar-refractivity contribution in [1.82, 2.24) is 19.7 Å². The van der Waals surface area contributed by atoms with Crippen molar-refractivity contribution in [2.75, 3.05) is 37.9 Å². The Bertz CT molecular complexity index is 1540. The number of rotatable bonds is 13. The molecule has 1 N–H and O–H groups in total. The minimum atomic E-state index is -1.51. The molecule has 0 saturated carbocycles. The quantitative estimate of drug-likeness (QED) is 0.135. The molecule has 1 unspecified atom stereocenters. The van der Waals surface area contributed by atoms with E-state index in [4.69, 9.17) is 19.3 Å². The number of aromatic nitrogens is 4. The van der Waals surface area contributed by atoms with E-state index in [1.807, 2.05) is 41.8 Å². The molecule has 0 aliphatic heterocycles. The van der Waals surface area contributed by atoms with Crippen molar-refractivity contribution in [2.24, 2.45) is 0 Å². The summed E-state index contributed by atoms with van der Waals surface area (Å²) in [7, 11) is 2.67. The van der Waals surface area contributed by atoms with E-state index < -0.39 is 24.8 Å². The first-order valence-electron chi connectivity index (χ1n) is 14.0. The monoisotopic (exact) mass is 625 g/mol. The summed E-state index contributed by atoms with van der Waals surface area (Å²) in [6, 6.07) is 18.0. The van der Waals surface area contributed by atoms with E-state index in [9.17, 15) is 9.50 Å². The van der Waals surface area contributed by atoms with E-state index in [0.717, 1.165) is 6.04 Å². The number of methoxy groups -OCH3 is 3. The summed E-state index contributed by atoms with van der Waals surface area (Å²) in [4.78, 5) is 4.66. The highest BCUT2D eigenvalue weighted by atomic mass is 32.2. The number of nitrogens with zero attached hydrogens (tertiary/aromatic N) is 5. The number of ether oxygens (including phenoxy) is 3. The number of para-hydroxylation sites is 1. The molecule has 2 aromatic carbocycles. The summed E-state index contributed by atoms with van der Waals surface area (Å²) in [5, 5.41) is 22.8. The second kappa shape index (κ2) is 14.2. The lowest BCUT2D eigenvalue weighted by Gasteiger charge is -2.31. The maximum Gasteiger partial charge on any atom is 0.242 e. The number of hydrogen-bond donors (Lipinski definition) is 1. The average molecular weight is 626 g/mol. The molecule has 4 rings (SSSR count). The molecule has 4 aromatic rings. The van der Waals surface area contributed by atoms with Gasteiger partial charge in [-0.3, -0.25) is 8.87 Å². The third kappa shape index (κ3) is 7.62. The topological polar surface area (TPSA) is 94.8 Å². The Hall–Kier alpha value is -3.74. The van der Waals surface area contributed by atoms with Gasteiger partial charge in [0.1, 0.15) is 28.7 Å². The van der Waals surface area contributed by atoms with Crippen LogP contribution < -0.4 is 18.5 Å². The van der Waals surface area contributed by atoms with E-state index in [2.05, 4.69) is 39.4 Å². The van der Waals surface area contributed by atoms with Crippen molar-refractivity contribution < 1.29 is 23.7 Å². The van der Waals surface area contributed by atoms with Crippen LogP contribution in [0.4, 0.5) is 10.3 Å². The fourth-order valence-electron chi connectivity index (χ4n) is 4.53. The first-order chi connectivity index (χ1) is 20.6. The Balaban J connectivity index is 1.94. The summed E-state index contributed by atoms with van der Waals surface area (Å²) in [5.74, 6) is 2.67. The Morgan fingerprint density at radius 2 is 1.60 bits per heavy atom. The van der Waals surface area contributed by atoms with Gasteiger partial charge in [0.2, 0.25) is 11.8 Å². The Kier molecular flexibility index (Phi) is 10.6. The van der Waals surface area contributed by atoms with Crippen LogP contribution in [0.1, 0.15) is 18.6 Å². The molecule has 12 heteroatoms. The second-order valence-corrected chi connectivity index (χ2v) is 18.7. The fraction of sp³-hybridized carbons (Fsp3) is 0.355. The molecule has 0 aliphatic rings. The zero-order valence-corrected chi connectivity index (χ0v) is 27.6. The zero-order valence-electron chi connectivity index (χ0n) is 25.7. The third-order valence-electron chi connectivity index (χ3n) is 6.86. The molecule has 2 aromatic heterocycles. The summed E-state index contributed by atoms with van der Waals surface area (Å²) >= 11 is 0. The van der Waals surface area contributed by atoms with E-state index in [1.165, 1.54) is 12.1 Å². The van der Waals surface area contributed by atoms with Crippen molar-refractivity contribution in [3.05, 3.63) is 72.0 Å². The highest BCUT2D eigenvalue weighted by Crippen LogP contribution is 2.41. The van der Waals surface area contributed by atoms with Gasteiger partial charge in [0, 0.05) is 26.4 Å². The minimum Gasteiger partial charge on any atom is -0.494 e. The maximum atomic E-state index is 13.6. The fourth-order valence-corrected chi connectivity index (χ4v) is 7.38. The lowest BCUT2D eigenvalue weighted by molar-refractivity contribution is 0.204.